The van der Waals surface area contributed by atoms with Crippen LogP contribution < -0.4 is 0 Å². The van der Waals surface area contributed by atoms with Gasteiger partial charge in [0.05, 0.1) is 0 Å². The van der Waals surface area contributed by atoms with Gasteiger partial charge in [0, 0.05) is 20.8 Å². The Morgan fingerprint density at radius 3 is 1.94 bits per heavy atom. The molecule has 100 valence electrons. The summed E-state index contributed by atoms with van der Waals surface area (Å²) in [5.41, 5.74) is 0. The molecular weight excluding hydrogens is 240 g/mol. The minimum Gasteiger partial charge on any atom is -0.462 e. The molecule has 0 bridgehead atoms. The van der Waals surface area contributed by atoms with Crippen molar-refractivity contribution < 1.29 is 28.6 Å². The van der Waals surface area contributed by atoms with Crippen LogP contribution in [-0.4, -0.2) is 31.1 Å². The minimum absolute atomic E-state index is 0.00411. The second-order valence-electron chi connectivity index (χ2n) is 3.21. The second-order valence-corrected chi connectivity index (χ2v) is 3.21. The number of hydrogen-bond acceptors (Lipinski definition) is 6. The Labute approximate surface area is 105 Å². The summed E-state index contributed by atoms with van der Waals surface area (Å²) < 4.78 is 14.2. The smallest absolute Gasteiger partial charge is 0.308 e. The van der Waals surface area contributed by atoms with Gasteiger partial charge in [-0.3, -0.25) is 14.4 Å². The van der Waals surface area contributed by atoms with E-state index < -0.39 is 17.9 Å². The highest BCUT2D eigenvalue weighted by Gasteiger charge is 1.99. The molecule has 0 aliphatic rings. The van der Waals surface area contributed by atoms with Crippen LogP contribution in [0.15, 0.2) is 24.0 Å². The van der Waals surface area contributed by atoms with Crippen LogP contribution in [0.5, 0.6) is 0 Å². The Hall–Kier alpha value is -2.11. The van der Waals surface area contributed by atoms with Crippen molar-refractivity contribution in [2.24, 2.45) is 0 Å². The Kier molecular flexibility index (Phi) is 7.92. The first-order chi connectivity index (χ1) is 8.41. The SMILES string of the molecule is CC(=O)OC/C=C(/C=C/COC(C)=O)OC(C)=O. The summed E-state index contributed by atoms with van der Waals surface area (Å²) in [6, 6.07) is 0. The Bertz CT molecular complexity index is 367. The fourth-order valence-electron chi connectivity index (χ4n) is 0.881. The Morgan fingerprint density at radius 1 is 0.889 bits per heavy atom. The minimum atomic E-state index is -0.499. The average molecular weight is 256 g/mol. The van der Waals surface area contributed by atoms with E-state index in [-0.39, 0.29) is 19.0 Å². The van der Waals surface area contributed by atoms with Crippen LogP contribution in [0.4, 0.5) is 0 Å². The van der Waals surface area contributed by atoms with Crippen molar-refractivity contribution in [2.75, 3.05) is 13.2 Å². The highest BCUT2D eigenvalue weighted by Crippen LogP contribution is 2.01. The molecule has 6 heteroatoms. The summed E-state index contributed by atoms with van der Waals surface area (Å²) in [4.78, 5) is 31.8. The molecule has 0 aromatic heterocycles. The number of allylic oxidation sites excluding steroid dienone is 1. The second kappa shape index (κ2) is 8.98. The molecular formula is C12H16O6. The van der Waals surface area contributed by atoms with Gasteiger partial charge < -0.3 is 14.2 Å². The quantitative estimate of drug-likeness (QED) is 0.306. The van der Waals surface area contributed by atoms with Gasteiger partial charge >= 0.3 is 17.9 Å². The van der Waals surface area contributed by atoms with E-state index in [0.717, 1.165) is 0 Å². The fraction of sp³-hybridized carbons (Fsp3) is 0.417. The van der Waals surface area contributed by atoms with Gasteiger partial charge in [0.15, 0.2) is 0 Å². The molecule has 0 spiro atoms. The van der Waals surface area contributed by atoms with Crippen LogP contribution in [0.3, 0.4) is 0 Å². The summed E-state index contributed by atoms with van der Waals surface area (Å²) in [7, 11) is 0. The van der Waals surface area contributed by atoms with Gasteiger partial charge in [0.1, 0.15) is 19.0 Å². The van der Waals surface area contributed by atoms with Crippen molar-refractivity contribution in [1.82, 2.24) is 0 Å². The van der Waals surface area contributed by atoms with Crippen LogP contribution in [0, 0.1) is 0 Å². The van der Waals surface area contributed by atoms with E-state index in [1.165, 1.54) is 39.0 Å². The molecule has 0 fully saturated rings. The van der Waals surface area contributed by atoms with Crippen molar-refractivity contribution >= 4 is 17.9 Å². The zero-order valence-electron chi connectivity index (χ0n) is 10.6. The Morgan fingerprint density at radius 2 is 1.44 bits per heavy atom. The lowest BCUT2D eigenvalue weighted by Crippen LogP contribution is -2.02. The maximum atomic E-state index is 10.8. The first-order valence-corrected chi connectivity index (χ1v) is 5.23. The summed E-state index contributed by atoms with van der Waals surface area (Å²) in [5, 5.41) is 0. The monoisotopic (exact) mass is 256 g/mol. The fourth-order valence-corrected chi connectivity index (χ4v) is 0.881. The molecule has 0 aromatic rings. The number of ether oxygens (including phenoxy) is 3. The average Bonchev–Trinajstić information content (AvgIpc) is 2.22. The van der Waals surface area contributed by atoms with Crippen molar-refractivity contribution in [3.8, 4) is 0 Å². The number of carbonyl (C=O) groups is 3. The predicted molar refractivity (Wildman–Crippen MR) is 62.3 cm³/mol. The highest BCUT2D eigenvalue weighted by molar-refractivity contribution is 5.68. The third-order valence-electron chi connectivity index (χ3n) is 1.50. The summed E-state index contributed by atoms with van der Waals surface area (Å²) in [5.74, 6) is -1.12. The molecule has 0 aliphatic heterocycles. The number of esters is 3. The van der Waals surface area contributed by atoms with E-state index in [1.54, 1.807) is 0 Å². The van der Waals surface area contributed by atoms with Gasteiger partial charge in [-0.2, -0.15) is 0 Å². The molecule has 0 N–H and O–H groups in total. The van der Waals surface area contributed by atoms with Crippen molar-refractivity contribution in [3.63, 3.8) is 0 Å². The molecule has 0 radical (unpaired) electrons. The zero-order chi connectivity index (χ0) is 14.0. The summed E-state index contributed by atoms with van der Waals surface area (Å²) in [6.07, 6.45) is 4.38. The molecule has 0 saturated heterocycles. The molecule has 0 unspecified atom stereocenters. The van der Waals surface area contributed by atoms with E-state index in [4.69, 9.17) is 4.74 Å². The third kappa shape index (κ3) is 10.4. The van der Waals surface area contributed by atoms with E-state index in [0.29, 0.717) is 0 Å². The Balaban J connectivity index is 4.33. The molecule has 0 heterocycles. The largest absolute Gasteiger partial charge is 0.462 e. The lowest BCUT2D eigenvalue weighted by molar-refractivity contribution is -0.140. The number of hydrogen-bond donors (Lipinski definition) is 0. The van der Waals surface area contributed by atoms with E-state index in [1.807, 2.05) is 0 Å². The third-order valence-corrected chi connectivity index (χ3v) is 1.50. The van der Waals surface area contributed by atoms with Gasteiger partial charge in [-0.15, -0.1) is 0 Å². The van der Waals surface area contributed by atoms with E-state index in [9.17, 15) is 14.4 Å². The van der Waals surface area contributed by atoms with Crippen LogP contribution in [0.25, 0.3) is 0 Å². The molecule has 0 aromatic carbocycles. The molecule has 0 atom stereocenters. The van der Waals surface area contributed by atoms with Crippen molar-refractivity contribution in [1.29, 1.82) is 0 Å². The van der Waals surface area contributed by atoms with Crippen LogP contribution in [0.1, 0.15) is 20.8 Å². The lowest BCUT2D eigenvalue weighted by atomic mass is 10.4. The zero-order valence-corrected chi connectivity index (χ0v) is 10.6. The van der Waals surface area contributed by atoms with E-state index in [2.05, 4.69) is 9.47 Å². The molecule has 18 heavy (non-hydrogen) atoms. The van der Waals surface area contributed by atoms with Crippen LogP contribution in [-0.2, 0) is 28.6 Å². The predicted octanol–water partition coefficient (Wildman–Crippen LogP) is 1.12. The standard InChI is InChI=1S/C12H16O6/c1-9(13)16-7-4-5-12(18-11(3)15)6-8-17-10(2)14/h4-6H,7-8H2,1-3H3/b5-4+,12-6-. The van der Waals surface area contributed by atoms with Gasteiger partial charge in [-0.25, -0.2) is 0 Å². The van der Waals surface area contributed by atoms with Crippen molar-refractivity contribution in [3.05, 3.63) is 24.0 Å². The lowest BCUT2D eigenvalue weighted by Gasteiger charge is -2.03. The first-order valence-electron chi connectivity index (χ1n) is 5.23. The van der Waals surface area contributed by atoms with Gasteiger partial charge in [-0.1, -0.05) is 0 Å². The van der Waals surface area contributed by atoms with Gasteiger partial charge in [0.2, 0.25) is 0 Å². The normalized spacial score (nSPS) is 11.2. The van der Waals surface area contributed by atoms with Crippen LogP contribution in [0.2, 0.25) is 0 Å². The molecule has 6 nitrogen and oxygen atoms in total. The topological polar surface area (TPSA) is 78.9 Å². The highest BCUT2D eigenvalue weighted by atomic mass is 16.5. The number of rotatable bonds is 6. The molecule has 0 aliphatic carbocycles. The number of carbonyl (C=O) groups excluding carboxylic acids is 3. The van der Waals surface area contributed by atoms with Gasteiger partial charge in [-0.05, 0) is 18.2 Å². The van der Waals surface area contributed by atoms with Crippen LogP contribution >= 0.6 is 0 Å². The summed E-state index contributed by atoms with van der Waals surface area (Å²) in [6.45, 7) is 3.88. The first kappa shape index (κ1) is 15.9. The maximum absolute atomic E-state index is 10.8. The van der Waals surface area contributed by atoms with E-state index >= 15 is 0 Å². The molecule has 0 amide bonds. The molecule has 0 saturated carbocycles. The maximum Gasteiger partial charge on any atom is 0.308 e. The summed E-state index contributed by atoms with van der Waals surface area (Å²) >= 11 is 0. The van der Waals surface area contributed by atoms with Gasteiger partial charge in [0.25, 0.3) is 0 Å². The molecule has 0 rings (SSSR count). The van der Waals surface area contributed by atoms with Crippen molar-refractivity contribution in [2.45, 2.75) is 20.8 Å².